The van der Waals surface area contributed by atoms with Crippen molar-refractivity contribution in [3.63, 3.8) is 0 Å². The zero-order valence-corrected chi connectivity index (χ0v) is 15.3. The van der Waals surface area contributed by atoms with Crippen LogP contribution in [0.15, 0.2) is 0 Å². The second kappa shape index (κ2) is 16.5. The zero-order valence-electron chi connectivity index (χ0n) is 13.6. The monoisotopic (exact) mass is 337 g/mol. The lowest BCUT2D eigenvalue weighted by molar-refractivity contribution is 0.0369. The van der Waals surface area contributed by atoms with E-state index in [1.165, 1.54) is 57.8 Å². The summed E-state index contributed by atoms with van der Waals surface area (Å²) in [5.74, 6) is 0. The fourth-order valence-corrected chi connectivity index (χ4v) is 2.38. The molecule has 0 fully saturated rings. The summed E-state index contributed by atoms with van der Waals surface area (Å²) in [6.45, 7) is 6.27. The summed E-state index contributed by atoms with van der Waals surface area (Å²) in [5.41, 5.74) is 0. The molecule has 2 nitrogen and oxygen atoms in total. The lowest BCUT2D eigenvalue weighted by Gasteiger charge is -2.20. The van der Waals surface area contributed by atoms with Crippen LogP contribution in [0.4, 0.5) is 0 Å². The molecule has 0 aromatic rings. The first-order valence-corrected chi connectivity index (χ1v) is 7.97. The number of unbranched alkanes of at least 4 members (excludes halogenated alkanes) is 7. The van der Waals surface area contributed by atoms with Gasteiger partial charge in [0.15, 0.2) is 0 Å². The highest BCUT2D eigenvalue weighted by Crippen LogP contribution is 2.12. The van der Waals surface area contributed by atoms with Crippen molar-refractivity contribution >= 4 is 17.0 Å². The maximum atomic E-state index is 5.77. The van der Waals surface area contributed by atoms with E-state index in [0.717, 1.165) is 13.2 Å². The van der Waals surface area contributed by atoms with E-state index in [1.807, 2.05) is 0 Å². The highest BCUT2D eigenvalue weighted by atomic mass is 79.9. The molecular weight excluding hydrogens is 302 g/mol. The van der Waals surface area contributed by atoms with Crippen LogP contribution in [-0.2, 0) is 4.74 Å². The first-order valence-electron chi connectivity index (χ1n) is 7.97. The minimum atomic E-state index is 0. The van der Waals surface area contributed by atoms with Gasteiger partial charge in [-0.05, 0) is 27.4 Å². The molecule has 1 atom stereocenters. The molecule has 0 saturated carbocycles. The van der Waals surface area contributed by atoms with Crippen molar-refractivity contribution in [1.29, 1.82) is 0 Å². The Hall–Kier alpha value is 0.400. The topological polar surface area (TPSA) is 12.5 Å². The van der Waals surface area contributed by atoms with Crippen molar-refractivity contribution in [2.75, 3.05) is 27.2 Å². The molecule has 0 spiro atoms. The summed E-state index contributed by atoms with van der Waals surface area (Å²) in [4.78, 5) is 2.23. The summed E-state index contributed by atoms with van der Waals surface area (Å²) in [6, 6.07) is 0. The summed E-state index contributed by atoms with van der Waals surface area (Å²) < 4.78 is 5.77. The number of likely N-dealkylation sites (N-methyl/N-ethyl adjacent to an activating group) is 1. The molecule has 0 rings (SSSR count). The number of halogens is 1. The van der Waals surface area contributed by atoms with Crippen LogP contribution >= 0.6 is 17.0 Å². The third-order valence-corrected chi connectivity index (χ3v) is 3.35. The van der Waals surface area contributed by atoms with E-state index in [-0.39, 0.29) is 17.0 Å². The first kappa shape index (κ1) is 21.7. The van der Waals surface area contributed by atoms with Crippen LogP contribution < -0.4 is 0 Å². The molecule has 0 heterocycles. The third kappa shape index (κ3) is 16.3. The van der Waals surface area contributed by atoms with E-state index < -0.39 is 0 Å². The number of ether oxygens (including phenoxy) is 1. The predicted molar refractivity (Wildman–Crippen MR) is 91.5 cm³/mol. The molecular formula is C16H36BrNO. The first-order chi connectivity index (χ1) is 8.70. The molecule has 0 aliphatic carbocycles. The lowest BCUT2D eigenvalue weighted by atomic mass is 10.1. The third-order valence-electron chi connectivity index (χ3n) is 3.35. The second-order valence-corrected chi connectivity index (χ2v) is 5.60. The standard InChI is InChI=1S/C16H35NO.BrH/c1-5-7-8-9-10-11-12-13-14-16(18-6-2)15-17(3)4;/h16H,5-15H2,1-4H3;1H. The van der Waals surface area contributed by atoms with Crippen molar-refractivity contribution in [3.05, 3.63) is 0 Å². The summed E-state index contributed by atoms with van der Waals surface area (Å²) in [7, 11) is 4.25. The Morgan fingerprint density at radius 1 is 0.842 bits per heavy atom. The molecule has 118 valence electrons. The molecule has 0 bridgehead atoms. The molecule has 0 aromatic heterocycles. The van der Waals surface area contributed by atoms with Gasteiger partial charge in [-0.15, -0.1) is 17.0 Å². The average molecular weight is 338 g/mol. The van der Waals surface area contributed by atoms with Crippen molar-refractivity contribution < 1.29 is 4.74 Å². The molecule has 1 unspecified atom stereocenters. The number of nitrogens with zero attached hydrogens (tertiary/aromatic N) is 1. The van der Waals surface area contributed by atoms with Crippen molar-refractivity contribution in [2.45, 2.75) is 77.7 Å². The van der Waals surface area contributed by atoms with Crippen LogP contribution in [0, 0.1) is 0 Å². The van der Waals surface area contributed by atoms with Gasteiger partial charge in [-0.1, -0.05) is 58.3 Å². The van der Waals surface area contributed by atoms with Gasteiger partial charge in [0.05, 0.1) is 6.10 Å². The van der Waals surface area contributed by atoms with Crippen LogP contribution in [0.3, 0.4) is 0 Å². The predicted octanol–water partition coefficient (Wildman–Crippen LogP) is 5.06. The average Bonchev–Trinajstić information content (AvgIpc) is 2.32. The van der Waals surface area contributed by atoms with Crippen LogP contribution in [0.25, 0.3) is 0 Å². The molecule has 0 amide bonds. The molecule has 0 N–H and O–H groups in total. The fourth-order valence-electron chi connectivity index (χ4n) is 2.38. The fraction of sp³-hybridized carbons (Fsp3) is 1.00. The summed E-state index contributed by atoms with van der Waals surface area (Å²) >= 11 is 0. The normalized spacial score (nSPS) is 12.5. The Bertz CT molecular complexity index is 165. The lowest BCUT2D eigenvalue weighted by Crippen LogP contribution is -2.28. The van der Waals surface area contributed by atoms with Crippen LogP contribution in [0.5, 0.6) is 0 Å². The van der Waals surface area contributed by atoms with E-state index >= 15 is 0 Å². The Balaban J connectivity index is 0. The van der Waals surface area contributed by atoms with Crippen LogP contribution in [0.2, 0.25) is 0 Å². The SMILES string of the molecule is Br.CCCCCCCCCCC(CN(C)C)OCC. The molecule has 0 radical (unpaired) electrons. The van der Waals surface area contributed by atoms with Gasteiger partial charge in [0.2, 0.25) is 0 Å². The van der Waals surface area contributed by atoms with Gasteiger partial charge in [0.1, 0.15) is 0 Å². The maximum absolute atomic E-state index is 5.77. The minimum Gasteiger partial charge on any atom is -0.377 e. The quantitative estimate of drug-likeness (QED) is 0.435. The number of hydrogen-bond acceptors (Lipinski definition) is 2. The van der Waals surface area contributed by atoms with E-state index in [4.69, 9.17) is 4.74 Å². The Morgan fingerprint density at radius 2 is 1.37 bits per heavy atom. The number of hydrogen-bond donors (Lipinski definition) is 0. The van der Waals surface area contributed by atoms with Crippen LogP contribution in [0.1, 0.15) is 71.6 Å². The van der Waals surface area contributed by atoms with E-state index in [9.17, 15) is 0 Å². The molecule has 0 aliphatic rings. The zero-order chi connectivity index (χ0) is 13.6. The molecule has 0 saturated heterocycles. The van der Waals surface area contributed by atoms with Crippen LogP contribution in [-0.4, -0.2) is 38.3 Å². The van der Waals surface area contributed by atoms with E-state index in [2.05, 4.69) is 32.8 Å². The molecule has 3 heteroatoms. The van der Waals surface area contributed by atoms with Gasteiger partial charge in [-0.2, -0.15) is 0 Å². The summed E-state index contributed by atoms with van der Waals surface area (Å²) in [6.07, 6.45) is 12.8. The van der Waals surface area contributed by atoms with Gasteiger partial charge in [0.25, 0.3) is 0 Å². The minimum absolute atomic E-state index is 0. The number of rotatable bonds is 13. The van der Waals surface area contributed by atoms with Crippen molar-refractivity contribution in [1.82, 2.24) is 4.90 Å². The molecule has 0 aliphatic heterocycles. The molecule has 0 aromatic carbocycles. The smallest absolute Gasteiger partial charge is 0.0701 e. The highest BCUT2D eigenvalue weighted by molar-refractivity contribution is 8.93. The van der Waals surface area contributed by atoms with Gasteiger partial charge in [-0.3, -0.25) is 0 Å². The van der Waals surface area contributed by atoms with E-state index in [1.54, 1.807) is 0 Å². The van der Waals surface area contributed by atoms with Crippen molar-refractivity contribution in [2.24, 2.45) is 0 Å². The van der Waals surface area contributed by atoms with Crippen molar-refractivity contribution in [3.8, 4) is 0 Å². The summed E-state index contributed by atoms with van der Waals surface area (Å²) in [5, 5.41) is 0. The van der Waals surface area contributed by atoms with Gasteiger partial charge in [-0.25, -0.2) is 0 Å². The Morgan fingerprint density at radius 3 is 1.84 bits per heavy atom. The second-order valence-electron chi connectivity index (χ2n) is 5.60. The Labute approximate surface area is 132 Å². The van der Waals surface area contributed by atoms with Gasteiger partial charge < -0.3 is 9.64 Å². The van der Waals surface area contributed by atoms with Gasteiger partial charge >= 0.3 is 0 Å². The Kier molecular flexibility index (Phi) is 18.8. The largest absolute Gasteiger partial charge is 0.377 e. The highest BCUT2D eigenvalue weighted by Gasteiger charge is 2.08. The van der Waals surface area contributed by atoms with E-state index in [0.29, 0.717) is 6.10 Å². The molecule has 19 heavy (non-hydrogen) atoms. The maximum Gasteiger partial charge on any atom is 0.0701 e. The van der Waals surface area contributed by atoms with Gasteiger partial charge in [0, 0.05) is 13.2 Å².